The first-order valence-corrected chi connectivity index (χ1v) is 11.8. The van der Waals surface area contributed by atoms with Crippen molar-refractivity contribution in [2.24, 2.45) is 0 Å². The monoisotopic (exact) mass is 465 g/mol. The first kappa shape index (κ1) is 23.0. The second kappa shape index (κ2) is 9.48. The van der Waals surface area contributed by atoms with Crippen LogP contribution in [-0.2, 0) is 16.0 Å². The van der Waals surface area contributed by atoms with E-state index in [-0.39, 0.29) is 12.5 Å². The van der Waals surface area contributed by atoms with Crippen molar-refractivity contribution >= 4 is 16.8 Å². The molecular weight excluding hydrogens is 434 g/mol. The lowest BCUT2D eigenvalue weighted by Gasteiger charge is -2.41. The fraction of sp³-hybridized carbons (Fsp3) is 0.423. The maximum absolute atomic E-state index is 11.2. The summed E-state index contributed by atoms with van der Waals surface area (Å²) in [4.78, 5) is 11.2. The molecule has 34 heavy (non-hydrogen) atoms. The molecule has 2 heterocycles. The summed E-state index contributed by atoms with van der Waals surface area (Å²) in [5.41, 5.74) is 9.69. The molecule has 5 rings (SSSR count). The summed E-state index contributed by atoms with van der Waals surface area (Å²) in [5.74, 6) is 0.435. The minimum atomic E-state index is -1.40. The van der Waals surface area contributed by atoms with E-state index in [0.717, 1.165) is 28.8 Å². The molecule has 5 atom stereocenters. The maximum atomic E-state index is 11.2. The summed E-state index contributed by atoms with van der Waals surface area (Å²) in [5, 5.41) is 32.8. The Morgan fingerprint density at radius 3 is 2.47 bits per heavy atom. The van der Waals surface area contributed by atoms with Crippen LogP contribution >= 0.6 is 0 Å². The molecule has 1 aromatic heterocycles. The number of rotatable bonds is 7. The van der Waals surface area contributed by atoms with Gasteiger partial charge in [-0.1, -0.05) is 42.5 Å². The minimum absolute atomic E-state index is 0.0699. The highest BCUT2D eigenvalue weighted by atomic mass is 16.5. The molecule has 8 heteroatoms. The summed E-state index contributed by atoms with van der Waals surface area (Å²) in [6, 6.07) is 16.7. The zero-order valence-corrected chi connectivity index (χ0v) is 19.1. The van der Waals surface area contributed by atoms with E-state index in [1.54, 1.807) is 0 Å². The van der Waals surface area contributed by atoms with Crippen molar-refractivity contribution in [3.8, 4) is 0 Å². The number of para-hydroxylation sites is 1. The van der Waals surface area contributed by atoms with Crippen LogP contribution in [0.25, 0.3) is 10.9 Å². The Morgan fingerprint density at radius 1 is 1.03 bits per heavy atom. The molecule has 1 amide bonds. The lowest BCUT2D eigenvalue weighted by atomic mass is 9.98. The van der Waals surface area contributed by atoms with E-state index >= 15 is 0 Å². The van der Waals surface area contributed by atoms with Crippen molar-refractivity contribution in [3.63, 3.8) is 0 Å². The number of nitrogens with zero attached hydrogens (tertiary/aromatic N) is 1. The zero-order valence-electron chi connectivity index (χ0n) is 19.1. The molecule has 1 saturated heterocycles. The summed E-state index contributed by atoms with van der Waals surface area (Å²) in [6.45, 7) is 1.43. The fourth-order valence-corrected chi connectivity index (χ4v) is 4.78. The molecule has 2 aromatic carbocycles. The number of amides is 1. The van der Waals surface area contributed by atoms with Gasteiger partial charge in [-0.05, 0) is 47.9 Å². The Labute approximate surface area is 198 Å². The van der Waals surface area contributed by atoms with Gasteiger partial charge >= 0.3 is 0 Å². The number of carbonyl (C=O) groups excluding carboxylic acids is 1. The molecule has 1 saturated carbocycles. The third kappa shape index (κ3) is 4.60. The molecule has 0 radical (unpaired) electrons. The Kier molecular flexibility index (Phi) is 6.42. The Hall–Kier alpha value is -2.75. The van der Waals surface area contributed by atoms with Gasteiger partial charge in [0, 0.05) is 25.1 Å². The second-order valence-corrected chi connectivity index (χ2v) is 9.37. The van der Waals surface area contributed by atoms with E-state index in [2.05, 4.69) is 35.1 Å². The van der Waals surface area contributed by atoms with Gasteiger partial charge in [-0.3, -0.25) is 10.2 Å². The van der Waals surface area contributed by atoms with Crippen LogP contribution in [0.2, 0.25) is 0 Å². The van der Waals surface area contributed by atoms with Crippen molar-refractivity contribution in [3.05, 3.63) is 71.4 Å². The molecule has 5 N–H and O–H groups in total. The normalized spacial score (nSPS) is 27.1. The largest absolute Gasteiger partial charge is 0.388 e. The number of aromatic nitrogens is 1. The van der Waals surface area contributed by atoms with Crippen LogP contribution in [0.15, 0.2) is 54.7 Å². The van der Waals surface area contributed by atoms with Gasteiger partial charge in [0.15, 0.2) is 6.23 Å². The number of nitrogens with one attached hydrogen (secondary N) is 2. The van der Waals surface area contributed by atoms with Crippen molar-refractivity contribution in [2.75, 3.05) is 6.54 Å². The van der Waals surface area contributed by atoms with E-state index in [1.165, 1.54) is 30.9 Å². The average Bonchev–Trinajstić information content (AvgIpc) is 3.62. The van der Waals surface area contributed by atoms with Gasteiger partial charge < -0.3 is 24.6 Å². The molecule has 1 aliphatic carbocycles. The number of carbonyl (C=O) groups is 1. The van der Waals surface area contributed by atoms with Crippen molar-refractivity contribution < 1.29 is 24.9 Å². The minimum Gasteiger partial charge on any atom is -0.388 e. The summed E-state index contributed by atoms with van der Waals surface area (Å²) in [6.07, 6.45) is -0.546. The highest BCUT2D eigenvalue weighted by Gasteiger charge is 2.44. The number of benzene rings is 2. The molecular formula is C26H31N3O5. The van der Waals surface area contributed by atoms with E-state index < -0.39 is 30.6 Å². The van der Waals surface area contributed by atoms with Crippen LogP contribution in [-0.4, -0.2) is 56.8 Å². The number of hydrogen-bond donors (Lipinski definition) is 5. The van der Waals surface area contributed by atoms with E-state index in [1.807, 2.05) is 35.0 Å². The van der Waals surface area contributed by atoms with Gasteiger partial charge in [0.2, 0.25) is 5.91 Å². The molecule has 3 aromatic rings. The fourth-order valence-electron chi connectivity index (χ4n) is 4.78. The highest BCUT2D eigenvalue weighted by Crippen LogP contribution is 2.40. The first-order chi connectivity index (χ1) is 16.4. The second-order valence-electron chi connectivity index (χ2n) is 9.37. The molecule has 0 spiro atoms. The third-order valence-corrected chi connectivity index (χ3v) is 6.78. The molecule has 2 aliphatic rings. The van der Waals surface area contributed by atoms with E-state index in [4.69, 9.17) is 4.74 Å². The Balaban J connectivity index is 1.42. The van der Waals surface area contributed by atoms with Crippen molar-refractivity contribution in [1.29, 1.82) is 0 Å². The van der Waals surface area contributed by atoms with Crippen LogP contribution in [0.4, 0.5) is 0 Å². The molecule has 180 valence electrons. The predicted octanol–water partition coefficient (Wildman–Crippen LogP) is 1.73. The number of aliphatic hydroxyl groups excluding tert-OH is 3. The van der Waals surface area contributed by atoms with Crippen LogP contribution in [0.5, 0.6) is 0 Å². The smallest absolute Gasteiger partial charge is 0.230 e. The molecule has 0 bridgehead atoms. The van der Waals surface area contributed by atoms with Gasteiger partial charge in [-0.15, -0.1) is 0 Å². The first-order valence-electron chi connectivity index (χ1n) is 11.8. The Morgan fingerprint density at radius 2 is 1.76 bits per heavy atom. The molecule has 8 nitrogen and oxygen atoms in total. The number of fused-ring (bicyclic) bond motifs is 1. The average molecular weight is 466 g/mol. The van der Waals surface area contributed by atoms with Gasteiger partial charge in [0.05, 0.1) is 5.52 Å². The number of aliphatic hydroxyl groups is 3. The van der Waals surface area contributed by atoms with Gasteiger partial charge in [0.25, 0.3) is 0 Å². The molecule has 0 unspecified atom stereocenters. The summed E-state index contributed by atoms with van der Waals surface area (Å²) < 4.78 is 7.89. The molecule has 2 fully saturated rings. The quantitative estimate of drug-likeness (QED) is 0.340. The van der Waals surface area contributed by atoms with Gasteiger partial charge in [-0.25, -0.2) is 5.43 Å². The van der Waals surface area contributed by atoms with Crippen LogP contribution in [0.1, 0.15) is 48.6 Å². The van der Waals surface area contributed by atoms with Crippen molar-refractivity contribution in [2.45, 2.75) is 62.7 Å². The number of hydrazine groups is 1. The summed E-state index contributed by atoms with van der Waals surface area (Å²) >= 11 is 0. The van der Waals surface area contributed by atoms with Crippen LogP contribution < -0.4 is 10.9 Å². The zero-order chi connectivity index (χ0) is 23.8. The number of hydrogen-bond acceptors (Lipinski definition) is 6. The Bertz CT molecular complexity index is 1160. The van der Waals surface area contributed by atoms with E-state index in [9.17, 15) is 20.1 Å². The van der Waals surface area contributed by atoms with E-state index in [0.29, 0.717) is 0 Å². The summed E-state index contributed by atoms with van der Waals surface area (Å²) in [7, 11) is 0. The van der Waals surface area contributed by atoms with Crippen LogP contribution in [0, 0.1) is 0 Å². The lowest BCUT2D eigenvalue weighted by molar-refractivity contribution is -0.242. The lowest BCUT2D eigenvalue weighted by Crippen LogP contribution is -2.58. The SMILES string of the molecule is CC(=O)NNC[C@H]1O[C@@H](n2cc(Cc3ccc(C4CC4)cc3)c3ccccc32)[C@H](O)[C@@H](O)[C@@H]1O. The maximum Gasteiger partial charge on any atom is 0.230 e. The van der Waals surface area contributed by atoms with Crippen molar-refractivity contribution in [1.82, 2.24) is 15.4 Å². The standard InChI is InChI=1S/C26H31N3O5/c1-15(30)28-27-13-22-23(31)24(32)25(33)26(34-22)29-14-19(20-4-2-3-5-21(20)29)12-16-6-8-17(9-7-16)18-10-11-18/h2-9,14,18,22-27,31-33H,10-13H2,1H3,(H,28,30)/t22-,23-,24+,25-,26-/m1/s1. The van der Waals surface area contributed by atoms with Crippen LogP contribution in [0.3, 0.4) is 0 Å². The molecule has 1 aliphatic heterocycles. The highest BCUT2D eigenvalue weighted by molar-refractivity contribution is 5.84. The topological polar surface area (TPSA) is 116 Å². The van der Waals surface area contributed by atoms with Gasteiger partial charge in [-0.2, -0.15) is 0 Å². The third-order valence-electron chi connectivity index (χ3n) is 6.78. The van der Waals surface area contributed by atoms with Gasteiger partial charge in [0.1, 0.15) is 24.4 Å². The predicted molar refractivity (Wildman–Crippen MR) is 127 cm³/mol. The number of ether oxygens (including phenoxy) is 1.